The van der Waals surface area contributed by atoms with Gasteiger partial charge in [-0.05, 0) is 17.7 Å². The van der Waals surface area contributed by atoms with Gasteiger partial charge in [-0.25, -0.2) is 13.2 Å². The Morgan fingerprint density at radius 2 is 1.79 bits per heavy atom. The van der Waals surface area contributed by atoms with E-state index >= 15 is 0 Å². The summed E-state index contributed by atoms with van der Waals surface area (Å²) in [5, 5.41) is 2.38. The van der Waals surface area contributed by atoms with Crippen LogP contribution in [0.5, 0.6) is 5.75 Å². The highest BCUT2D eigenvalue weighted by atomic mass is 19.2. The van der Waals surface area contributed by atoms with Crippen LogP contribution in [0.3, 0.4) is 0 Å². The second kappa shape index (κ2) is 8.64. The average Bonchev–Trinajstić information content (AvgIpc) is 2.72. The molecule has 8 heteroatoms. The van der Waals surface area contributed by atoms with Gasteiger partial charge in [-0.1, -0.05) is 30.3 Å². The van der Waals surface area contributed by atoms with Gasteiger partial charge < -0.3 is 14.6 Å². The number of hydrogen-bond donors (Lipinski definition) is 1. The lowest BCUT2D eigenvalue weighted by molar-refractivity contribution is 0.0944. The first kappa shape index (κ1) is 20.2. The van der Waals surface area contributed by atoms with Crippen LogP contribution >= 0.6 is 0 Å². The number of amides is 1. The third kappa shape index (κ3) is 4.66. The Kier molecular flexibility index (Phi) is 6.01. The summed E-state index contributed by atoms with van der Waals surface area (Å²) in [7, 11) is 1.65. The van der Waals surface area contributed by atoms with Crippen molar-refractivity contribution in [3.63, 3.8) is 0 Å². The van der Waals surface area contributed by atoms with Crippen LogP contribution in [-0.2, 0) is 20.2 Å². The first-order valence-corrected chi connectivity index (χ1v) is 8.65. The summed E-state index contributed by atoms with van der Waals surface area (Å²) in [4.78, 5) is 24.3. The Morgan fingerprint density at radius 1 is 1.07 bits per heavy atom. The van der Waals surface area contributed by atoms with E-state index in [-0.39, 0.29) is 24.3 Å². The molecule has 0 atom stereocenters. The fourth-order valence-corrected chi connectivity index (χ4v) is 2.63. The zero-order valence-corrected chi connectivity index (χ0v) is 15.4. The number of nitrogens with one attached hydrogen (secondary N) is 1. The maximum Gasteiger partial charge on any atom is 0.254 e. The number of benzene rings is 2. The van der Waals surface area contributed by atoms with Crippen LogP contribution in [0.15, 0.2) is 59.5 Å². The lowest BCUT2D eigenvalue weighted by atomic mass is 10.2. The largest absolute Gasteiger partial charge is 0.483 e. The molecular weight excluding hydrogens is 385 g/mol. The molecule has 150 valence electrons. The molecule has 3 rings (SSSR count). The summed E-state index contributed by atoms with van der Waals surface area (Å²) in [5.41, 5.74) is 0.303. The molecule has 0 radical (unpaired) electrons. The van der Waals surface area contributed by atoms with Crippen molar-refractivity contribution in [2.24, 2.45) is 7.05 Å². The SMILES string of the molecule is Cn1cc(OCc2ccccc2)c(=O)cc1CNC(=O)c1ccc(F)c(F)c1F. The predicted molar refractivity (Wildman–Crippen MR) is 99.9 cm³/mol. The van der Waals surface area contributed by atoms with Gasteiger partial charge in [0.25, 0.3) is 5.91 Å². The van der Waals surface area contributed by atoms with Crippen molar-refractivity contribution in [1.29, 1.82) is 0 Å². The van der Waals surface area contributed by atoms with Crippen molar-refractivity contribution in [3.05, 3.63) is 99.2 Å². The van der Waals surface area contributed by atoms with Crippen LogP contribution in [0.1, 0.15) is 21.6 Å². The van der Waals surface area contributed by atoms with E-state index in [1.165, 1.54) is 12.3 Å². The lowest BCUT2D eigenvalue weighted by Crippen LogP contribution is -2.27. The Labute approximate surface area is 164 Å². The van der Waals surface area contributed by atoms with Gasteiger partial charge in [0.15, 0.2) is 23.2 Å². The van der Waals surface area contributed by atoms with Gasteiger partial charge in [0.2, 0.25) is 5.43 Å². The van der Waals surface area contributed by atoms with Crippen LogP contribution in [0, 0.1) is 17.5 Å². The van der Waals surface area contributed by atoms with Crippen molar-refractivity contribution >= 4 is 5.91 Å². The molecule has 0 aliphatic rings. The Morgan fingerprint density at radius 3 is 2.52 bits per heavy atom. The van der Waals surface area contributed by atoms with Gasteiger partial charge in [-0.3, -0.25) is 9.59 Å². The molecule has 0 saturated heterocycles. The lowest BCUT2D eigenvalue weighted by Gasteiger charge is -2.13. The van der Waals surface area contributed by atoms with E-state index < -0.39 is 28.9 Å². The molecule has 1 N–H and O–H groups in total. The summed E-state index contributed by atoms with van der Waals surface area (Å²) >= 11 is 0. The number of halogens is 3. The summed E-state index contributed by atoms with van der Waals surface area (Å²) < 4.78 is 47.1. The zero-order chi connectivity index (χ0) is 21.0. The van der Waals surface area contributed by atoms with Gasteiger partial charge in [-0.2, -0.15) is 0 Å². The second-order valence-corrected chi connectivity index (χ2v) is 6.28. The molecule has 0 saturated carbocycles. The van der Waals surface area contributed by atoms with E-state index in [1.807, 2.05) is 30.3 Å². The number of aromatic nitrogens is 1. The van der Waals surface area contributed by atoms with E-state index in [0.717, 1.165) is 11.6 Å². The fraction of sp³-hybridized carbons (Fsp3) is 0.143. The Bertz CT molecular complexity index is 1100. The van der Waals surface area contributed by atoms with Crippen LogP contribution in [-0.4, -0.2) is 10.5 Å². The number of hydrogen-bond acceptors (Lipinski definition) is 3. The average molecular weight is 402 g/mol. The topological polar surface area (TPSA) is 60.3 Å². The minimum Gasteiger partial charge on any atom is -0.483 e. The van der Waals surface area contributed by atoms with E-state index in [2.05, 4.69) is 5.32 Å². The third-order valence-corrected chi connectivity index (χ3v) is 4.25. The number of carbonyl (C=O) groups excluding carboxylic acids is 1. The first-order chi connectivity index (χ1) is 13.9. The molecule has 1 heterocycles. The van der Waals surface area contributed by atoms with E-state index in [4.69, 9.17) is 4.74 Å². The standard InChI is InChI=1S/C21H17F3N2O3/c1-26-11-18(29-12-13-5-3-2-4-6-13)17(27)9-14(26)10-25-21(28)15-7-8-16(22)20(24)19(15)23/h2-9,11H,10,12H2,1H3,(H,25,28). The van der Waals surface area contributed by atoms with Crippen molar-refractivity contribution in [3.8, 4) is 5.75 Å². The minimum absolute atomic E-state index is 0.123. The highest BCUT2D eigenvalue weighted by Gasteiger charge is 2.19. The first-order valence-electron chi connectivity index (χ1n) is 8.65. The number of pyridine rings is 1. The van der Waals surface area contributed by atoms with Crippen LogP contribution in [0.2, 0.25) is 0 Å². The van der Waals surface area contributed by atoms with Gasteiger partial charge in [0, 0.05) is 18.8 Å². The number of carbonyl (C=O) groups is 1. The number of aryl methyl sites for hydroxylation is 1. The maximum absolute atomic E-state index is 13.7. The van der Waals surface area contributed by atoms with Crippen molar-refractivity contribution in [2.45, 2.75) is 13.2 Å². The van der Waals surface area contributed by atoms with Crippen molar-refractivity contribution < 1.29 is 22.7 Å². The summed E-state index contributed by atoms with van der Waals surface area (Å²) in [6.45, 7) is 0.101. The molecule has 5 nitrogen and oxygen atoms in total. The molecule has 1 amide bonds. The Hall–Kier alpha value is -3.55. The quantitative estimate of drug-likeness (QED) is 0.644. The molecule has 3 aromatic rings. The van der Waals surface area contributed by atoms with Crippen LogP contribution in [0.25, 0.3) is 0 Å². The highest BCUT2D eigenvalue weighted by Crippen LogP contribution is 2.15. The number of rotatable bonds is 6. The Balaban J connectivity index is 1.69. The normalized spacial score (nSPS) is 10.6. The molecule has 0 unspecified atom stereocenters. The zero-order valence-electron chi connectivity index (χ0n) is 15.4. The molecule has 0 fully saturated rings. The minimum atomic E-state index is -1.72. The molecule has 0 bridgehead atoms. The maximum atomic E-state index is 13.7. The highest BCUT2D eigenvalue weighted by molar-refractivity contribution is 5.94. The summed E-state index contributed by atoms with van der Waals surface area (Å²) in [6.07, 6.45) is 1.48. The number of nitrogens with zero attached hydrogens (tertiary/aromatic N) is 1. The molecule has 2 aromatic carbocycles. The van der Waals surface area contributed by atoms with E-state index in [0.29, 0.717) is 11.8 Å². The molecule has 0 aliphatic heterocycles. The monoisotopic (exact) mass is 402 g/mol. The van der Waals surface area contributed by atoms with Crippen LogP contribution in [0.4, 0.5) is 13.2 Å². The molecular formula is C21H17F3N2O3. The molecule has 29 heavy (non-hydrogen) atoms. The van der Waals surface area contributed by atoms with E-state index in [1.54, 1.807) is 11.6 Å². The smallest absolute Gasteiger partial charge is 0.254 e. The van der Waals surface area contributed by atoms with Gasteiger partial charge in [0.05, 0.1) is 18.3 Å². The van der Waals surface area contributed by atoms with Gasteiger partial charge >= 0.3 is 0 Å². The fourth-order valence-electron chi connectivity index (χ4n) is 2.63. The molecule has 1 aromatic heterocycles. The molecule has 0 aliphatic carbocycles. The summed E-state index contributed by atoms with van der Waals surface area (Å²) in [5.74, 6) is -5.46. The van der Waals surface area contributed by atoms with Crippen LogP contribution < -0.4 is 15.5 Å². The number of ether oxygens (including phenoxy) is 1. The van der Waals surface area contributed by atoms with Crippen molar-refractivity contribution in [1.82, 2.24) is 9.88 Å². The van der Waals surface area contributed by atoms with Gasteiger partial charge in [-0.15, -0.1) is 0 Å². The second-order valence-electron chi connectivity index (χ2n) is 6.28. The van der Waals surface area contributed by atoms with Gasteiger partial charge in [0.1, 0.15) is 6.61 Å². The van der Waals surface area contributed by atoms with E-state index in [9.17, 15) is 22.8 Å². The van der Waals surface area contributed by atoms with Crippen molar-refractivity contribution in [2.75, 3.05) is 0 Å². The predicted octanol–water partition coefficient (Wildman–Crippen LogP) is 3.31. The summed E-state index contributed by atoms with van der Waals surface area (Å²) in [6, 6.07) is 12.1. The third-order valence-electron chi connectivity index (χ3n) is 4.25. The molecule has 0 spiro atoms.